The maximum absolute atomic E-state index is 13.1. The third-order valence-corrected chi connectivity index (χ3v) is 6.75. The topological polar surface area (TPSA) is 76.4 Å². The van der Waals surface area contributed by atoms with E-state index in [1.807, 2.05) is 5.38 Å². The standard InChI is InChI=1S/C14H9FN4O2S3/c15-10-5-3-9(4-6-10)11-8-23-14-16-13(17-19(11)14)18-24(20,21)12-2-1-7-22-12/h1-8H,(H,17,18). The number of hydrogen-bond acceptors (Lipinski definition) is 6. The molecular weight excluding hydrogens is 371 g/mol. The highest BCUT2D eigenvalue weighted by Crippen LogP contribution is 2.27. The highest BCUT2D eigenvalue weighted by molar-refractivity contribution is 7.94. The average molecular weight is 380 g/mol. The van der Waals surface area contributed by atoms with E-state index >= 15 is 0 Å². The number of anilines is 1. The molecule has 0 saturated heterocycles. The lowest BCUT2D eigenvalue weighted by Crippen LogP contribution is -2.12. The summed E-state index contributed by atoms with van der Waals surface area (Å²) in [5.74, 6) is -0.327. The highest BCUT2D eigenvalue weighted by Gasteiger charge is 2.19. The Bertz CT molecular complexity index is 1100. The molecule has 24 heavy (non-hydrogen) atoms. The number of nitrogens with zero attached hydrogens (tertiary/aromatic N) is 3. The van der Waals surface area contributed by atoms with Gasteiger partial charge >= 0.3 is 0 Å². The van der Waals surface area contributed by atoms with E-state index in [0.717, 1.165) is 16.9 Å². The van der Waals surface area contributed by atoms with Crippen molar-refractivity contribution in [3.63, 3.8) is 0 Å². The molecule has 0 spiro atoms. The summed E-state index contributed by atoms with van der Waals surface area (Å²) in [6.45, 7) is 0. The van der Waals surface area contributed by atoms with Gasteiger partial charge < -0.3 is 0 Å². The van der Waals surface area contributed by atoms with E-state index in [-0.39, 0.29) is 16.0 Å². The van der Waals surface area contributed by atoms with E-state index in [2.05, 4.69) is 14.8 Å². The van der Waals surface area contributed by atoms with Gasteiger partial charge in [-0.3, -0.25) is 0 Å². The molecule has 0 aliphatic rings. The predicted molar refractivity (Wildman–Crippen MR) is 91.4 cm³/mol. The number of thiophene rings is 1. The zero-order valence-corrected chi connectivity index (χ0v) is 14.3. The molecule has 0 saturated carbocycles. The van der Waals surface area contributed by atoms with E-state index in [9.17, 15) is 12.8 Å². The van der Waals surface area contributed by atoms with Crippen molar-refractivity contribution in [3.05, 3.63) is 53.0 Å². The van der Waals surface area contributed by atoms with Crippen molar-refractivity contribution in [2.75, 3.05) is 4.72 Å². The summed E-state index contributed by atoms with van der Waals surface area (Å²) >= 11 is 2.43. The molecule has 122 valence electrons. The summed E-state index contributed by atoms with van der Waals surface area (Å²) in [6.07, 6.45) is 0. The minimum atomic E-state index is -3.69. The zero-order valence-electron chi connectivity index (χ0n) is 11.9. The maximum Gasteiger partial charge on any atom is 0.273 e. The second-order valence-electron chi connectivity index (χ2n) is 4.80. The number of halogens is 1. The molecule has 0 amide bonds. The van der Waals surface area contributed by atoms with E-state index in [1.54, 1.807) is 23.6 Å². The molecule has 0 aliphatic heterocycles. The second-order valence-corrected chi connectivity index (χ2v) is 8.49. The zero-order chi connectivity index (χ0) is 16.7. The van der Waals surface area contributed by atoms with Gasteiger partial charge in [-0.05, 0) is 35.7 Å². The Labute approximate surface area is 144 Å². The fourth-order valence-corrected chi connectivity index (χ4v) is 4.89. The predicted octanol–water partition coefficient (Wildman–Crippen LogP) is 3.46. The van der Waals surface area contributed by atoms with Gasteiger partial charge in [-0.15, -0.1) is 27.8 Å². The number of nitrogens with one attached hydrogen (secondary N) is 1. The van der Waals surface area contributed by atoms with Crippen LogP contribution in [0.4, 0.5) is 10.3 Å². The van der Waals surface area contributed by atoms with Crippen LogP contribution in [-0.4, -0.2) is 23.0 Å². The Morgan fingerprint density at radius 3 is 2.62 bits per heavy atom. The lowest BCUT2D eigenvalue weighted by atomic mass is 10.2. The highest BCUT2D eigenvalue weighted by atomic mass is 32.2. The van der Waals surface area contributed by atoms with Crippen LogP contribution >= 0.6 is 22.7 Å². The van der Waals surface area contributed by atoms with Gasteiger partial charge in [0.05, 0.1) is 5.69 Å². The SMILES string of the molecule is O=S(=O)(Nc1nc2scc(-c3ccc(F)cc3)n2n1)c1cccs1. The van der Waals surface area contributed by atoms with Crippen molar-refractivity contribution in [1.82, 2.24) is 14.6 Å². The first kappa shape index (κ1) is 15.2. The summed E-state index contributed by atoms with van der Waals surface area (Å²) in [5, 5.41) is 7.72. The van der Waals surface area contributed by atoms with E-state index in [4.69, 9.17) is 0 Å². The number of sulfonamides is 1. The third kappa shape index (κ3) is 2.68. The van der Waals surface area contributed by atoms with Gasteiger partial charge in [-0.1, -0.05) is 6.07 Å². The lowest BCUT2D eigenvalue weighted by molar-refractivity contribution is 0.602. The Kier molecular flexibility index (Phi) is 3.59. The van der Waals surface area contributed by atoms with Crippen molar-refractivity contribution in [3.8, 4) is 11.3 Å². The van der Waals surface area contributed by atoms with Gasteiger partial charge in [0, 0.05) is 10.9 Å². The van der Waals surface area contributed by atoms with Crippen LogP contribution in [0.1, 0.15) is 0 Å². The molecule has 6 nitrogen and oxygen atoms in total. The van der Waals surface area contributed by atoms with Gasteiger partial charge in [0.25, 0.3) is 16.0 Å². The van der Waals surface area contributed by atoms with Crippen LogP contribution in [0, 0.1) is 5.82 Å². The second kappa shape index (κ2) is 5.65. The molecule has 10 heteroatoms. The van der Waals surface area contributed by atoms with Crippen molar-refractivity contribution < 1.29 is 12.8 Å². The lowest BCUT2D eigenvalue weighted by Gasteiger charge is -2.01. The van der Waals surface area contributed by atoms with Crippen LogP contribution < -0.4 is 4.72 Å². The van der Waals surface area contributed by atoms with Gasteiger partial charge in [-0.2, -0.15) is 4.98 Å². The Morgan fingerprint density at radius 2 is 1.92 bits per heavy atom. The number of benzene rings is 1. The largest absolute Gasteiger partial charge is 0.273 e. The van der Waals surface area contributed by atoms with E-state index < -0.39 is 10.0 Å². The monoisotopic (exact) mass is 380 g/mol. The van der Waals surface area contributed by atoms with E-state index in [0.29, 0.717) is 10.7 Å². The molecule has 0 atom stereocenters. The molecule has 0 radical (unpaired) electrons. The number of aromatic nitrogens is 3. The van der Waals surface area contributed by atoms with Crippen molar-refractivity contribution in [1.29, 1.82) is 0 Å². The molecule has 0 bridgehead atoms. The third-order valence-electron chi connectivity index (χ3n) is 3.21. The summed E-state index contributed by atoms with van der Waals surface area (Å²) < 4.78 is 41.6. The first-order valence-corrected chi connectivity index (χ1v) is 9.94. The van der Waals surface area contributed by atoms with Crippen LogP contribution in [0.2, 0.25) is 0 Å². The van der Waals surface area contributed by atoms with Gasteiger partial charge in [0.15, 0.2) is 0 Å². The molecule has 1 N–H and O–H groups in total. The van der Waals surface area contributed by atoms with Crippen molar-refractivity contribution in [2.24, 2.45) is 0 Å². The van der Waals surface area contributed by atoms with Crippen molar-refractivity contribution >= 4 is 43.6 Å². The molecular formula is C14H9FN4O2S3. The minimum absolute atomic E-state index is 0.00129. The van der Waals surface area contributed by atoms with Gasteiger partial charge in [-0.25, -0.2) is 22.0 Å². The summed E-state index contributed by atoms with van der Waals surface area (Å²) in [5.41, 5.74) is 1.48. The van der Waals surface area contributed by atoms with Gasteiger partial charge in [0.2, 0.25) is 4.96 Å². The first-order valence-electron chi connectivity index (χ1n) is 6.69. The fourth-order valence-electron chi connectivity index (χ4n) is 2.13. The molecule has 3 aromatic heterocycles. The number of thiazole rings is 1. The Hall–Kier alpha value is -2.30. The maximum atomic E-state index is 13.1. The van der Waals surface area contributed by atoms with Gasteiger partial charge in [0.1, 0.15) is 10.0 Å². The van der Waals surface area contributed by atoms with Crippen LogP contribution in [-0.2, 0) is 10.0 Å². The molecule has 3 heterocycles. The normalized spacial score (nSPS) is 11.9. The molecule has 1 aromatic carbocycles. The minimum Gasteiger partial charge on any atom is -0.245 e. The molecule has 0 unspecified atom stereocenters. The number of fused-ring (bicyclic) bond motifs is 1. The number of rotatable bonds is 4. The average Bonchev–Trinajstić information content (AvgIpc) is 3.24. The first-order chi connectivity index (χ1) is 11.5. The molecule has 4 aromatic rings. The van der Waals surface area contributed by atoms with Crippen LogP contribution in [0.5, 0.6) is 0 Å². The Morgan fingerprint density at radius 1 is 1.12 bits per heavy atom. The molecule has 0 aliphatic carbocycles. The number of hydrogen-bond donors (Lipinski definition) is 1. The van der Waals surface area contributed by atoms with E-state index in [1.165, 1.54) is 34.1 Å². The molecule has 0 fully saturated rings. The summed E-state index contributed by atoms with van der Waals surface area (Å²) in [4.78, 5) is 4.72. The summed E-state index contributed by atoms with van der Waals surface area (Å²) in [6, 6.07) is 9.15. The quantitative estimate of drug-likeness (QED) is 0.588. The van der Waals surface area contributed by atoms with Crippen LogP contribution in [0.25, 0.3) is 16.2 Å². The molecule has 4 rings (SSSR count). The smallest absolute Gasteiger partial charge is 0.245 e. The Balaban J connectivity index is 1.71. The summed E-state index contributed by atoms with van der Waals surface area (Å²) in [7, 11) is -3.69. The van der Waals surface area contributed by atoms with Crippen LogP contribution in [0.15, 0.2) is 51.4 Å². The fraction of sp³-hybridized carbons (Fsp3) is 0. The van der Waals surface area contributed by atoms with Crippen LogP contribution in [0.3, 0.4) is 0 Å². The van der Waals surface area contributed by atoms with Crippen molar-refractivity contribution in [2.45, 2.75) is 4.21 Å².